The SMILES string of the molecule is COc1ccccc1/C=C/CN(C(=O)Nc1ccccc1)c1ccc(F)c(Cl)c1. The van der Waals surface area contributed by atoms with Crippen molar-refractivity contribution in [3.63, 3.8) is 0 Å². The van der Waals surface area contributed by atoms with Crippen molar-refractivity contribution in [3.05, 3.63) is 95.3 Å². The van der Waals surface area contributed by atoms with Gasteiger partial charge in [0.1, 0.15) is 11.6 Å². The second-order valence-corrected chi connectivity index (χ2v) is 6.56. The Morgan fingerprint density at radius 1 is 1.10 bits per heavy atom. The lowest BCUT2D eigenvalue weighted by atomic mass is 10.2. The monoisotopic (exact) mass is 410 g/mol. The van der Waals surface area contributed by atoms with Crippen LogP contribution in [0.1, 0.15) is 5.56 Å². The van der Waals surface area contributed by atoms with Gasteiger partial charge in [0.05, 0.1) is 12.1 Å². The van der Waals surface area contributed by atoms with E-state index in [1.165, 1.54) is 23.1 Å². The summed E-state index contributed by atoms with van der Waals surface area (Å²) in [4.78, 5) is 14.4. The smallest absolute Gasteiger partial charge is 0.326 e. The van der Waals surface area contributed by atoms with Gasteiger partial charge in [-0.25, -0.2) is 9.18 Å². The number of nitrogens with zero attached hydrogens (tertiary/aromatic N) is 1. The van der Waals surface area contributed by atoms with E-state index in [0.717, 1.165) is 11.3 Å². The van der Waals surface area contributed by atoms with Crippen LogP contribution in [0.3, 0.4) is 0 Å². The van der Waals surface area contributed by atoms with Crippen LogP contribution in [-0.4, -0.2) is 19.7 Å². The minimum Gasteiger partial charge on any atom is -0.496 e. The van der Waals surface area contributed by atoms with E-state index in [4.69, 9.17) is 16.3 Å². The number of rotatable bonds is 6. The van der Waals surface area contributed by atoms with E-state index in [0.29, 0.717) is 11.4 Å². The van der Waals surface area contributed by atoms with Crippen molar-refractivity contribution < 1.29 is 13.9 Å². The van der Waals surface area contributed by atoms with Crippen LogP contribution in [0.4, 0.5) is 20.6 Å². The standard InChI is InChI=1S/C23H20ClFN2O2/c1-29-22-12-6-5-8-17(22)9-7-15-27(19-13-14-21(25)20(24)16-19)23(28)26-18-10-3-2-4-11-18/h2-14,16H,15H2,1H3,(H,26,28)/b9-7+. The molecule has 0 saturated heterocycles. The zero-order valence-electron chi connectivity index (χ0n) is 15.8. The molecule has 0 aliphatic heterocycles. The number of hydrogen-bond donors (Lipinski definition) is 1. The summed E-state index contributed by atoms with van der Waals surface area (Å²) in [6, 6.07) is 20.5. The summed E-state index contributed by atoms with van der Waals surface area (Å²) in [7, 11) is 1.60. The van der Waals surface area contributed by atoms with Crippen molar-refractivity contribution in [2.45, 2.75) is 0 Å². The molecule has 0 heterocycles. The summed E-state index contributed by atoms with van der Waals surface area (Å²) < 4.78 is 18.9. The van der Waals surface area contributed by atoms with Crippen molar-refractivity contribution in [2.24, 2.45) is 0 Å². The predicted octanol–water partition coefficient (Wildman–Crippen LogP) is 6.24. The number of ether oxygens (including phenoxy) is 1. The van der Waals surface area contributed by atoms with Gasteiger partial charge in [-0.1, -0.05) is 60.2 Å². The van der Waals surface area contributed by atoms with Crippen LogP contribution in [0, 0.1) is 5.82 Å². The molecule has 4 nitrogen and oxygen atoms in total. The number of halogens is 2. The number of nitrogens with one attached hydrogen (secondary N) is 1. The molecule has 148 valence electrons. The summed E-state index contributed by atoms with van der Waals surface area (Å²) in [6.07, 6.45) is 3.70. The lowest BCUT2D eigenvalue weighted by Crippen LogP contribution is -2.35. The summed E-state index contributed by atoms with van der Waals surface area (Å²) in [6.45, 7) is 0.249. The van der Waals surface area contributed by atoms with Crippen LogP contribution in [-0.2, 0) is 0 Å². The number of methoxy groups -OCH3 is 1. The van der Waals surface area contributed by atoms with Gasteiger partial charge in [-0.05, 0) is 36.4 Å². The zero-order valence-corrected chi connectivity index (χ0v) is 16.6. The normalized spacial score (nSPS) is 10.7. The molecular formula is C23H20ClFN2O2. The highest BCUT2D eigenvalue weighted by atomic mass is 35.5. The third-order valence-electron chi connectivity index (χ3n) is 4.21. The molecule has 1 N–H and O–H groups in total. The number of benzene rings is 3. The number of para-hydroxylation sites is 2. The quantitative estimate of drug-likeness (QED) is 0.522. The zero-order chi connectivity index (χ0) is 20.6. The first-order valence-electron chi connectivity index (χ1n) is 8.96. The first kappa shape index (κ1) is 20.4. The Hall–Kier alpha value is -3.31. The van der Waals surface area contributed by atoms with Gasteiger partial charge >= 0.3 is 6.03 Å². The summed E-state index contributed by atoms with van der Waals surface area (Å²) >= 11 is 5.92. The summed E-state index contributed by atoms with van der Waals surface area (Å²) in [5.74, 6) is 0.192. The molecule has 0 fully saturated rings. The van der Waals surface area contributed by atoms with Crippen LogP contribution in [0.2, 0.25) is 5.02 Å². The van der Waals surface area contributed by atoms with Crippen LogP contribution in [0.15, 0.2) is 78.9 Å². The third-order valence-corrected chi connectivity index (χ3v) is 4.50. The molecule has 3 rings (SSSR count). The second kappa shape index (κ2) is 9.75. The van der Waals surface area contributed by atoms with Gasteiger partial charge in [0.25, 0.3) is 0 Å². The van der Waals surface area contributed by atoms with E-state index >= 15 is 0 Å². The third kappa shape index (κ3) is 5.36. The van der Waals surface area contributed by atoms with Crippen molar-refractivity contribution in [1.82, 2.24) is 0 Å². The second-order valence-electron chi connectivity index (χ2n) is 6.15. The molecule has 3 aromatic carbocycles. The molecule has 2 amide bonds. The highest BCUT2D eigenvalue weighted by Gasteiger charge is 2.16. The number of anilines is 2. The van der Waals surface area contributed by atoms with Gasteiger partial charge in [-0.15, -0.1) is 0 Å². The van der Waals surface area contributed by atoms with E-state index in [1.54, 1.807) is 19.2 Å². The molecule has 0 saturated carbocycles. The van der Waals surface area contributed by atoms with Crippen molar-refractivity contribution >= 4 is 35.1 Å². The molecule has 0 aromatic heterocycles. The van der Waals surface area contributed by atoms with E-state index in [-0.39, 0.29) is 17.6 Å². The molecule has 0 atom stereocenters. The maximum Gasteiger partial charge on any atom is 0.326 e. The van der Waals surface area contributed by atoms with Gasteiger partial charge < -0.3 is 10.1 Å². The number of urea groups is 1. The first-order valence-corrected chi connectivity index (χ1v) is 9.34. The van der Waals surface area contributed by atoms with Gasteiger partial charge in [0, 0.05) is 23.5 Å². The molecule has 0 radical (unpaired) electrons. The minimum absolute atomic E-state index is 0.0475. The van der Waals surface area contributed by atoms with Crippen LogP contribution in [0.25, 0.3) is 6.08 Å². The van der Waals surface area contributed by atoms with Gasteiger partial charge in [-0.2, -0.15) is 0 Å². The van der Waals surface area contributed by atoms with Gasteiger partial charge in [0.15, 0.2) is 0 Å². The van der Waals surface area contributed by atoms with E-state index < -0.39 is 5.82 Å². The number of carbonyl (C=O) groups is 1. The Labute approximate surface area is 174 Å². The fourth-order valence-corrected chi connectivity index (χ4v) is 2.93. The van der Waals surface area contributed by atoms with E-state index in [1.807, 2.05) is 54.6 Å². The first-order chi connectivity index (χ1) is 14.1. The Morgan fingerprint density at radius 2 is 1.83 bits per heavy atom. The largest absolute Gasteiger partial charge is 0.496 e. The maximum absolute atomic E-state index is 13.6. The highest BCUT2D eigenvalue weighted by molar-refractivity contribution is 6.31. The molecule has 0 aliphatic rings. The highest BCUT2D eigenvalue weighted by Crippen LogP contribution is 2.24. The molecule has 29 heavy (non-hydrogen) atoms. The number of carbonyl (C=O) groups excluding carboxylic acids is 1. The average Bonchev–Trinajstić information content (AvgIpc) is 2.74. The Bertz CT molecular complexity index is 1010. The molecule has 0 unspecified atom stereocenters. The van der Waals surface area contributed by atoms with Crippen LogP contribution < -0.4 is 15.0 Å². The summed E-state index contributed by atoms with van der Waals surface area (Å²) in [5.41, 5.74) is 2.02. The lowest BCUT2D eigenvalue weighted by molar-refractivity contribution is 0.257. The fourth-order valence-electron chi connectivity index (χ4n) is 2.76. The fraction of sp³-hybridized carbons (Fsp3) is 0.0870. The van der Waals surface area contributed by atoms with E-state index in [9.17, 15) is 9.18 Å². The minimum atomic E-state index is -0.539. The predicted molar refractivity (Wildman–Crippen MR) is 116 cm³/mol. The molecule has 0 bridgehead atoms. The average molecular weight is 411 g/mol. The Morgan fingerprint density at radius 3 is 2.55 bits per heavy atom. The van der Waals surface area contributed by atoms with Gasteiger partial charge in [0.2, 0.25) is 0 Å². The molecule has 3 aromatic rings. The topological polar surface area (TPSA) is 41.6 Å². The van der Waals surface area contributed by atoms with Crippen molar-refractivity contribution in [3.8, 4) is 5.75 Å². The van der Waals surface area contributed by atoms with Crippen molar-refractivity contribution in [2.75, 3.05) is 23.9 Å². The van der Waals surface area contributed by atoms with E-state index in [2.05, 4.69) is 5.32 Å². The molecule has 0 aliphatic carbocycles. The lowest BCUT2D eigenvalue weighted by Gasteiger charge is -2.22. The number of hydrogen-bond acceptors (Lipinski definition) is 2. The molecular weight excluding hydrogens is 391 g/mol. The van der Waals surface area contributed by atoms with Crippen LogP contribution in [0.5, 0.6) is 5.75 Å². The maximum atomic E-state index is 13.6. The summed E-state index contributed by atoms with van der Waals surface area (Å²) in [5, 5.41) is 2.79. The Kier molecular flexibility index (Phi) is 6.87. The van der Waals surface area contributed by atoms with Crippen molar-refractivity contribution in [1.29, 1.82) is 0 Å². The Balaban J connectivity index is 1.84. The van der Waals surface area contributed by atoms with Gasteiger partial charge in [-0.3, -0.25) is 4.90 Å². The number of amides is 2. The molecule has 0 spiro atoms. The van der Waals surface area contributed by atoms with Crippen LogP contribution >= 0.6 is 11.6 Å². The molecule has 6 heteroatoms.